The first kappa shape index (κ1) is 14.5. The van der Waals surface area contributed by atoms with Crippen LogP contribution in [0, 0.1) is 23.7 Å². The Kier molecular flexibility index (Phi) is 4.71. The normalized spacial score (nSPS) is 29.9. The number of allylic oxidation sites excluding steroid dienone is 1. The molecule has 0 N–H and O–H groups in total. The van der Waals surface area contributed by atoms with Crippen LogP contribution in [0.4, 0.5) is 0 Å². The lowest BCUT2D eigenvalue weighted by atomic mass is 9.99. The number of hydrogen-bond acceptors (Lipinski definition) is 4. The Morgan fingerprint density at radius 2 is 2.30 bits per heavy atom. The van der Waals surface area contributed by atoms with Crippen LogP contribution in [0.15, 0.2) is 11.8 Å². The summed E-state index contributed by atoms with van der Waals surface area (Å²) in [6, 6.07) is 0. The molecule has 2 saturated heterocycles. The standard InChI is InChI=1S/C16H18O4/c1-3-4-5-6-9-14-12-15(19-13(2)17)16(20-14)10-7-8-11-18-16/h9,15H,7-8,10-12H2,1-2H3/b14-9+/t15-,16-/m1/s1. The Bertz CT molecular complexity index is 518. The molecule has 0 saturated carbocycles. The van der Waals surface area contributed by atoms with E-state index < -0.39 is 11.9 Å². The fourth-order valence-corrected chi connectivity index (χ4v) is 2.43. The lowest BCUT2D eigenvalue weighted by Gasteiger charge is -2.36. The van der Waals surface area contributed by atoms with Crippen molar-refractivity contribution in [3.63, 3.8) is 0 Å². The molecule has 4 nitrogen and oxygen atoms in total. The summed E-state index contributed by atoms with van der Waals surface area (Å²) >= 11 is 0. The number of carbonyl (C=O) groups excluding carboxylic acids is 1. The zero-order chi connectivity index (χ0) is 14.4. The van der Waals surface area contributed by atoms with Gasteiger partial charge in [0.15, 0.2) is 6.10 Å². The van der Waals surface area contributed by atoms with Crippen molar-refractivity contribution in [1.82, 2.24) is 0 Å². The predicted molar refractivity (Wildman–Crippen MR) is 73.1 cm³/mol. The van der Waals surface area contributed by atoms with Gasteiger partial charge in [0, 0.05) is 25.8 Å². The van der Waals surface area contributed by atoms with E-state index in [-0.39, 0.29) is 5.97 Å². The van der Waals surface area contributed by atoms with E-state index in [1.165, 1.54) is 6.92 Å². The molecule has 106 valence electrons. The largest absolute Gasteiger partial charge is 0.462 e. The topological polar surface area (TPSA) is 44.8 Å². The number of esters is 1. The summed E-state index contributed by atoms with van der Waals surface area (Å²) in [6.07, 6.45) is 4.50. The molecule has 4 heteroatoms. The van der Waals surface area contributed by atoms with Crippen LogP contribution < -0.4 is 0 Å². The SMILES string of the molecule is CC#CC#C/C=C1\C[C@@H](OC(C)=O)[C@@]2(CCCCO2)O1. The van der Waals surface area contributed by atoms with Crippen LogP contribution >= 0.6 is 0 Å². The zero-order valence-electron chi connectivity index (χ0n) is 11.8. The fourth-order valence-electron chi connectivity index (χ4n) is 2.43. The molecule has 2 fully saturated rings. The second-order valence-corrected chi connectivity index (χ2v) is 4.78. The maximum absolute atomic E-state index is 11.2. The maximum atomic E-state index is 11.2. The van der Waals surface area contributed by atoms with E-state index in [9.17, 15) is 4.79 Å². The number of rotatable bonds is 1. The lowest BCUT2D eigenvalue weighted by Crippen LogP contribution is -2.46. The maximum Gasteiger partial charge on any atom is 0.303 e. The molecule has 2 heterocycles. The van der Waals surface area contributed by atoms with E-state index in [2.05, 4.69) is 23.7 Å². The molecule has 20 heavy (non-hydrogen) atoms. The highest BCUT2D eigenvalue weighted by Crippen LogP contribution is 2.42. The zero-order valence-corrected chi connectivity index (χ0v) is 11.8. The monoisotopic (exact) mass is 274 g/mol. The van der Waals surface area contributed by atoms with E-state index >= 15 is 0 Å². The van der Waals surface area contributed by atoms with Gasteiger partial charge >= 0.3 is 5.97 Å². The summed E-state index contributed by atoms with van der Waals surface area (Å²) in [5.74, 6) is 10.4. The van der Waals surface area contributed by atoms with Crippen molar-refractivity contribution in [1.29, 1.82) is 0 Å². The Morgan fingerprint density at radius 3 is 2.95 bits per heavy atom. The minimum atomic E-state index is -0.826. The first-order valence-corrected chi connectivity index (χ1v) is 6.78. The summed E-state index contributed by atoms with van der Waals surface area (Å²) in [5, 5.41) is 0. The van der Waals surface area contributed by atoms with Crippen LogP contribution in [0.25, 0.3) is 0 Å². The van der Waals surface area contributed by atoms with Gasteiger partial charge in [0.2, 0.25) is 5.79 Å². The van der Waals surface area contributed by atoms with Gasteiger partial charge in [-0.3, -0.25) is 4.79 Å². The minimum absolute atomic E-state index is 0.323. The van der Waals surface area contributed by atoms with Crippen molar-refractivity contribution in [2.45, 2.75) is 51.4 Å². The van der Waals surface area contributed by atoms with E-state index in [1.54, 1.807) is 13.0 Å². The average molecular weight is 274 g/mol. The number of hydrogen-bond donors (Lipinski definition) is 0. The molecule has 0 aromatic heterocycles. The molecule has 0 aliphatic carbocycles. The molecule has 0 unspecified atom stereocenters. The fraction of sp³-hybridized carbons (Fsp3) is 0.562. The molecule has 2 aliphatic heterocycles. The lowest BCUT2D eigenvalue weighted by molar-refractivity contribution is -0.259. The van der Waals surface area contributed by atoms with Crippen molar-refractivity contribution in [3.8, 4) is 23.7 Å². The van der Waals surface area contributed by atoms with Gasteiger partial charge in [0.05, 0.1) is 6.61 Å². The highest BCUT2D eigenvalue weighted by atomic mass is 16.7. The molecule has 0 radical (unpaired) electrons. The summed E-state index contributed by atoms with van der Waals surface area (Å²) in [7, 11) is 0. The summed E-state index contributed by atoms with van der Waals surface area (Å²) < 4.78 is 17.0. The van der Waals surface area contributed by atoms with E-state index in [1.807, 2.05) is 0 Å². The Balaban J connectivity index is 2.15. The highest BCUT2D eigenvalue weighted by Gasteiger charge is 2.51. The summed E-state index contributed by atoms with van der Waals surface area (Å²) in [4.78, 5) is 11.2. The van der Waals surface area contributed by atoms with Gasteiger partial charge in [0.1, 0.15) is 5.76 Å². The average Bonchev–Trinajstić information content (AvgIpc) is 2.73. The molecular weight excluding hydrogens is 256 g/mol. The van der Waals surface area contributed by atoms with Crippen molar-refractivity contribution >= 4 is 5.97 Å². The van der Waals surface area contributed by atoms with Crippen molar-refractivity contribution in [2.75, 3.05) is 6.61 Å². The van der Waals surface area contributed by atoms with Crippen LogP contribution in [-0.4, -0.2) is 24.5 Å². The van der Waals surface area contributed by atoms with E-state index in [0.717, 1.165) is 19.3 Å². The van der Waals surface area contributed by atoms with Crippen molar-refractivity contribution in [3.05, 3.63) is 11.8 Å². The second kappa shape index (κ2) is 6.50. The number of carbonyl (C=O) groups is 1. The molecule has 0 amide bonds. The molecule has 0 aromatic carbocycles. The molecular formula is C16H18O4. The van der Waals surface area contributed by atoms with E-state index in [0.29, 0.717) is 18.8 Å². The minimum Gasteiger partial charge on any atom is -0.462 e. The first-order valence-electron chi connectivity index (χ1n) is 6.78. The third-order valence-corrected chi connectivity index (χ3v) is 3.25. The predicted octanol–water partition coefficient (Wildman–Crippen LogP) is 2.15. The van der Waals surface area contributed by atoms with Gasteiger partial charge in [-0.15, -0.1) is 0 Å². The van der Waals surface area contributed by atoms with Gasteiger partial charge in [-0.25, -0.2) is 0 Å². The Morgan fingerprint density at radius 1 is 1.45 bits per heavy atom. The van der Waals surface area contributed by atoms with Crippen molar-refractivity contribution in [2.24, 2.45) is 0 Å². The van der Waals surface area contributed by atoms with Gasteiger partial charge in [0.25, 0.3) is 0 Å². The van der Waals surface area contributed by atoms with Gasteiger partial charge in [-0.05, 0) is 31.6 Å². The Labute approximate surface area is 119 Å². The molecule has 2 rings (SSSR count). The van der Waals surface area contributed by atoms with E-state index in [4.69, 9.17) is 14.2 Å². The summed E-state index contributed by atoms with van der Waals surface area (Å²) in [5.41, 5.74) is 0. The smallest absolute Gasteiger partial charge is 0.303 e. The van der Waals surface area contributed by atoms with Crippen molar-refractivity contribution < 1.29 is 19.0 Å². The third-order valence-electron chi connectivity index (χ3n) is 3.25. The highest BCUT2D eigenvalue weighted by molar-refractivity contribution is 5.66. The molecule has 0 aromatic rings. The molecule has 0 bridgehead atoms. The molecule has 2 aliphatic rings. The van der Waals surface area contributed by atoms with Gasteiger partial charge < -0.3 is 14.2 Å². The van der Waals surface area contributed by atoms with Gasteiger partial charge in [-0.2, -0.15) is 0 Å². The van der Waals surface area contributed by atoms with Crippen LogP contribution in [0.1, 0.15) is 39.5 Å². The summed E-state index contributed by atoms with van der Waals surface area (Å²) in [6.45, 7) is 3.75. The second-order valence-electron chi connectivity index (χ2n) is 4.78. The van der Waals surface area contributed by atoms with Crippen LogP contribution in [-0.2, 0) is 19.0 Å². The van der Waals surface area contributed by atoms with Crippen LogP contribution in [0.3, 0.4) is 0 Å². The van der Waals surface area contributed by atoms with Crippen LogP contribution in [0.2, 0.25) is 0 Å². The number of ether oxygens (including phenoxy) is 3. The third kappa shape index (κ3) is 3.35. The quantitative estimate of drug-likeness (QED) is 0.543. The van der Waals surface area contributed by atoms with Crippen LogP contribution in [0.5, 0.6) is 0 Å². The van der Waals surface area contributed by atoms with Gasteiger partial charge in [-0.1, -0.05) is 11.8 Å². The molecule has 2 atom stereocenters. The first-order chi connectivity index (χ1) is 9.66. The molecule has 1 spiro atoms. The Hall–Kier alpha value is -1.91.